The van der Waals surface area contributed by atoms with Crippen LogP contribution in [0.5, 0.6) is 5.75 Å². The summed E-state index contributed by atoms with van der Waals surface area (Å²) in [5.41, 5.74) is 1.36. The monoisotopic (exact) mass is 410 g/mol. The van der Waals surface area contributed by atoms with E-state index in [2.05, 4.69) is 10.1 Å². The number of rotatable bonds is 7. The van der Waals surface area contributed by atoms with E-state index >= 15 is 0 Å². The van der Waals surface area contributed by atoms with E-state index in [1.165, 1.54) is 31.4 Å². The predicted molar refractivity (Wildman–Crippen MR) is 107 cm³/mol. The summed E-state index contributed by atoms with van der Waals surface area (Å²) in [6.45, 7) is 1.75. The molecule has 0 radical (unpaired) electrons. The van der Waals surface area contributed by atoms with Gasteiger partial charge in [-0.25, -0.2) is 4.79 Å². The number of carbonyl (C=O) groups is 2. The number of furan rings is 1. The van der Waals surface area contributed by atoms with Gasteiger partial charge in [0.1, 0.15) is 18.1 Å². The number of anilines is 1. The van der Waals surface area contributed by atoms with Crippen molar-refractivity contribution >= 4 is 23.3 Å². The number of nitrogens with zero attached hydrogens (tertiary/aromatic N) is 1. The number of methoxy groups -OCH3 is 1. The zero-order valence-corrected chi connectivity index (χ0v) is 16.2. The number of carbonyl (C=O) groups excluding carboxylic acids is 2. The highest BCUT2D eigenvalue weighted by atomic mass is 16.6. The highest BCUT2D eigenvalue weighted by molar-refractivity contribution is 6.02. The summed E-state index contributed by atoms with van der Waals surface area (Å²) in [4.78, 5) is 34.1. The Balaban J connectivity index is 1.60. The van der Waals surface area contributed by atoms with Crippen LogP contribution in [0.2, 0.25) is 0 Å². The minimum absolute atomic E-state index is 0.0532. The Hall–Kier alpha value is -4.14. The second-order valence-corrected chi connectivity index (χ2v) is 6.28. The van der Waals surface area contributed by atoms with Gasteiger partial charge in [0.15, 0.2) is 5.76 Å². The first-order chi connectivity index (χ1) is 14.4. The molecule has 0 saturated carbocycles. The normalized spacial score (nSPS) is 10.3. The number of nitro benzene ring substituents is 1. The SMILES string of the molecule is COC(=O)c1ccc(OCc2ccc(C(=O)Nc3ccc([N+](=O)[O-])cc3C)o2)cc1. The Morgan fingerprint density at radius 1 is 1.10 bits per heavy atom. The third kappa shape index (κ3) is 4.82. The molecule has 2 aromatic carbocycles. The average molecular weight is 410 g/mol. The summed E-state index contributed by atoms with van der Waals surface area (Å²) in [5.74, 6) is 0.101. The molecule has 0 aliphatic heterocycles. The number of benzene rings is 2. The fourth-order valence-electron chi connectivity index (χ4n) is 2.62. The number of non-ortho nitro benzene ring substituents is 1. The predicted octanol–water partition coefficient (Wildman–Crippen LogP) is 4.11. The number of esters is 1. The fraction of sp³-hybridized carbons (Fsp3) is 0.143. The minimum Gasteiger partial charge on any atom is -0.486 e. The van der Waals surface area contributed by atoms with E-state index in [1.54, 1.807) is 37.3 Å². The van der Waals surface area contributed by atoms with Crippen molar-refractivity contribution in [1.29, 1.82) is 0 Å². The van der Waals surface area contributed by atoms with Gasteiger partial charge in [-0.1, -0.05) is 0 Å². The van der Waals surface area contributed by atoms with Crippen molar-refractivity contribution in [3.8, 4) is 5.75 Å². The minimum atomic E-state index is -0.500. The van der Waals surface area contributed by atoms with Crippen molar-refractivity contribution in [2.24, 2.45) is 0 Å². The second-order valence-electron chi connectivity index (χ2n) is 6.28. The molecule has 0 saturated heterocycles. The summed E-state index contributed by atoms with van der Waals surface area (Å²) >= 11 is 0. The van der Waals surface area contributed by atoms with Gasteiger partial charge < -0.3 is 19.2 Å². The molecule has 1 N–H and O–H groups in total. The third-order valence-corrected chi connectivity index (χ3v) is 4.21. The molecular weight excluding hydrogens is 392 g/mol. The quantitative estimate of drug-likeness (QED) is 0.353. The smallest absolute Gasteiger partial charge is 0.337 e. The van der Waals surface area contributed by atoms with Crippen LogP contribution in [0.4, 0.5) is 11.4 Å². The highest BCUT2D eigenvalue weighted by Gasteiger charge is 2.15. The largest absolute Gasteiger partial charge is 0.486 e. The Morgan fingerprint density at radius 2 is 1.83 bits per heavy atom. The van der Waals surface area contributed by atoms with Crippen LogP contribution < -0.4 is 10.1 Å². The van der Waals surface area contributed by atoms with E-state index in [0.29, 0.717) is 28.3 Å². The number of nitro groups is 1. The van der Waals surface area contributed by atoms with Crippen molar-refractivity contribution in [3.63, 3.8) is 0 Å². The summed E-state index contributed by atoms with van der Waals surface area (Å²) in [7, 11) is 1.31. The third-order valence-electron chi connectivity index (χ3n) is 4.21. The Kier molecular flexibility index (Phi) is 6.11. The molecule has 0 fully saturated rings. The molecule has 0 aliphatic rings. The molecule has 0 unspecified atom stereocenters. The molecule has 9 heteroatoms. The molecule has 3 rings (SSSR count). The molecule has 30 heavy (non-hydrogen) atoms. The molecule has 9 nitrogen and oxygen atoms in total. The van der Waals surface area contributed by atoms with Gasteiger partial charge >= 0.3 is 5.97 Å². The van der Waals surface area contributed by atoms with Crippen LogP contribution in [0.1, 0.15) is 32.2 Å². The molecule has 3 aromatic rings. The van der Waals surface area contributed by atoms with Crippen molar-refractivity contribution in [2.75, 3.05) is 12.4 Å². The van der Waals surface area contributed by atoms with Gasteiger partial charge in [-0.05, 0) is 55.0 Å². The Bertz CT molecular complexity index is 1090. The highest BCUT2D eigenvalue weighted by Crippen LogP contribution is 2.22. The van der Waals surface area contributed by atoms with E-state index in [1.807, 2.05) is 0 Å². The number of amides is 1. The summed E-state index contributed by atoms with van der Waals surface area (Å²) in [6, 6.07) is 13.7. The number of nitrogens with one attached hydrogen (secondary N) is 1. The Labute approximate surface area is 171 Å². The van der Waals surface area contributed by atoms with E-state index < -0.39 is 16.8 Å². The average Bonchev–Trinajstić information content (AvgIpc) is 3.22. The summed E-state index contributed by atoms with van der Waals surface area (Å²) < 4.78 is 15.7. The van der Waals surface area contributed by atoms with E-state index in [-0.39, 0.29) is 18.1 Å². The maximum atomic E-state index is 12.4. The molecule has 0 spiro atoms. The van der Waals surface area contributed by atoms with Crippen LogP contribution in [-0.4, -0.2) is 23.9 Å². The summed E-state index contributed by atoms with van der Waals surface area (Å²) in [6.07, 6.45) is 0. The van der Waals surface area contributed by atoms with Gasteiger partial charge in [-0.15, -0.1) is 0 Å². The van der Waals surface area contributed by atoms with Crippen molar-refractivity contribution in [3.05, 3.63) is 87.4 Å². The van der Waals surface area contributed by atoms with Crippen molar-refractivity contribution in [2.45, 2.75) is 13.5 Å². The zero-order valence-electron chi connectivity index (χ0n) is 16.2. The molecular formula is C21H18N2O7. The van der Waals surface area contributed by atoms with E-state index in [0.717, 1.165) is 0 Å². The topological polar surface area (TPSA) is 121 Å². The number of hydrogen-bond donors (Lipinski definition) is 1. The van der Waals surface area contributed by atoms with Gasteiger partial charge in [0, 0.05) is 17.8 Å². The van der Waals surface area contributed by atoms with Crippen LogP contribution in [0.3, 0.4) is 0 Å². The lowest BCUT2D eigenvalue weighted by molar-refractivity contribution is -0.384. The molecule has 1 amide bonds. The first kappa shape index (κ1) is 20.6. The van der Waals surface area contributed by atoms with Crippen LogP contribution in [0.25, 0.3) is 0 Å². The van der Waals surface area contributed by atoms with Gasteiger partial charge in [0.25, 0.3) is 11.6 Å². The van der Waals surface area contributed by atoms with Crippen LogP contribution in [-0.2, 0) is 11.3 Å². The fourth-order valence-corrected chi connectivity index (χ4v) is 2.62. The molecule has 154 valence electrons. The molecule has 1 heterocycles. The van der Waals surface area contributed by atoms with Gasteiger partial charge in [-0.2, -0.15) is 0 Å². The van der Waals surface area contributed by atoms with Crippen LogP contribution in [0.15, 0.2) is 59.0 Å². The lowest BCUT2D eigenvalue weighted by Crippen LogP contribution is -2.12. The lowest BCUT2D eigenvalue weighted by atomic mass is 10.2. The summed E-state index contributed by atoms with van der Waals surface area (Å²) in [5, 5.41) is 13.5. The molecule has 0 aliphatic carbocycles. The first-order valence-electron chi connectivity index (χ1n) is 8.83. The lowest BCUT2D eigenvalue weighted by Gasteiger charge is -2.07. The number of hydrogen-bond acceptors (Lipinski definition) is 7. The first-order valence-corrected chi connectivity index (χ1v) is 8.83. The second kappa shape index (κ2) is 8.91. The number of aryl methyl sites for hydroxylation is 1. The van der Waals surface area contributed by atoms with E-state index in [9.17, 15) is 19.7 Å². The zero-order chi connectivity index (χ0) is 21.7. The molecule has 1 aromatic heterocycles. The van der Waals surface area contributed by atoms with Crippen LogP contribution in [0, 0.1) is 17.0 Å². The molecule has 0 bridgehead atoms. The maximum absolute atomic E-state index is 12.4. The standard InChI is InChI=1S/C21H18N2O7/c1-13-11-15(23(26)27)5-9-18(13)22-20(24)19-10-8-17(30-19)12-29-16-6-3-14(4-7-16)21(25)28-2/h3-11H,12H2,1-2H3,(H,22,24). The van der Waals surface area contributed by atoms with Gasteiger partial charge in [0.05, 0.1) is 17.6 Å². The van der Waals surface area contributed by atoms with Gasteiger partial charge in [0.2, 0.25) is 0 Å². The molecule has 0 atom stereocenters. The number of ether oxygens (including phenoxy) is 2. The Morgan fingerprint density at radius 3 is 2.47 bits per heavy atom. The van der Waals surface area contributed by atoms with Crippen molar-refractivity contribution < 1.29 is 28.4 Å². The van der Waals surface area contributed by atoms with Gasteiger partial charge in [-0.3, -0.25) is 14.9 Å². The van der Waals surface area contributed by atoms with Crippen molar-refractivity contribution in [1.82, 2.24) is 0 Å². The maximum Gasteiger partial charge on any atom is 0.337 e. The van der Waals surface area contributed by atoms with E-state index in [4.69, 9.17) is 9.15 Å². The van der Waals surface area contributed by atoms with Crippen LogP contribution >= 0.6 is 0 Å².